The zero-order valence-electron chi connectivity index (χ0n) is 22.8. The summed E-state index contributed by atoms with van der Waals surface area (Å²) in [6.45, 7) is 4.26. The number of fused-ring (bicyclic) bond motifs is 1. The molecule has 0 fully saturated rings. The van der Waals surface area contributed by atoms with E-state index in [1.165, 1.54) is 12.1 Å². The summed E-state index contributed by atoms with van der Waals surface area (Å²) < 4.78 is 46.2. The largest absolute Gasteiger partial charge is 0.497 e. The molecule has 1 aromatic heterocycles. The molecule has 1 aliphatic rings. The van der Waals surface area contributed by atoms with Gasteiger partial charge in [-0.25, -0.2) is 4.68 Å². The zero-order valence-corrected chi connectivity index (χ0v) is 22.8. The van der Waals surface area contributed by atoms with Gasteiger partial charge in [0.15, 0.2) is 5.78 Å². The Morgan fingerprint density at radius 3 is 2.34 bits per heavy atom. The number of nitrogen functional groups attached to an aromatic ring is 1. The monoisotopic (exact) mass is 562 g/mol. The van der Waals surface area contributed by atoms with Crippen LogP contribution < -0.4 is 15.8 Å². The van der Waals surface area contributed by atoms with Crippen LogP contribution in [0.25, 0.3) is 16.9 Å². The molecular formula is C31H29F3N4O3. The second-order valence-corrected chi connectivity index (χ2v) is 10.9. The quantitative estimate of drug-likeness (QED) is 0.271. The second kappa shape index (κ2) is 10.4. The Morgan fingerprint density at radius 2 is 1.73 bits per heavy atom. The van der Waals surface area contributed by atoms with E-state index in [4.69, 9.17) is 10.5 Å². The SMILES string of the molecule is COc1ccc(CNC(=O)c2ccc(-n3nc(-c4ccc(C(F)(F)F)cc4)c4c3CC(C)(C)CC4=O)c(N)c2)cc1. The number of nitrogens with zero attached hydrogens (tertiary/aromatic N) is 2. The number of amides is 1. The molecule has 10 heteroatoms. The van der Waals surface area contributed by atoms with Crippen LogP contribution in [-0.2, 0) is 19.1 Å². The number of carbonyl (C=O) groups excluding carboxylic acids is 2. The van der Waals surface area contributed by atoms with E-state index in [2.05, 4.69) is 10.4 Å². The fourth-order valence-electron chi connectivity index (χ4n) is 5.08. The molecule has 0 aliphatic heterocycles. The van der Waals surface area contributed by atoms with E-state index in [1.54, 1.807) is 30.0 Å². The lowest BCUT2D eigenvalue weighted by Gasteiger charge is -2.29. The van der Waals surface area contributed by atoms with E-state index in [1.807, 2.05) is 38.1 Å². The van der Waals surface area contributed by atoms with Gasteiger partial charge in [-0.1, -0.05) is 38.1 Å². The molecule has 0 atom stereocenters. The van der Waals surface area contributed by atoms with Gasteiger partial charge in [0, 0.05) is 24.1 Å². The lowest BCUT2D eigenvalue weighted by Crippen LogP contribution is -2.28. The Kier molecular flexibility index (Phi) is 7.10. The topological polar surface area (TPSA) is 99.2 Å². The van der Waals surface area contributed by atoms with Crippen LogP contribution in [0.1, 0.15) is 57.8 Å². The van der Waals surface area contributed by atoms with Crippen molar-refractivity contribution in [3.63, 3.8) is 0 Å². The van der Waals surface area contributed by atoms with Crippen LogP contribution in [0.5, 0.6) is 5.75 Å². The Balaban J connectivity index is 1.48. The number of anilines is 1. The van der Waals surface area contributed by atoms with Gasteiger partial charge in [-0.2, -0.15) is 18.3 Å². The lowest BCUT2D eigenvalue weighted by atomic mass is 9.75. The molecule has 1 heterocycles. The summed E-state index contributed by atoms with van der Waals surface area (Å²) in [5.74, 6) is 0.268. The van der Waals surface area contributed by atoms with Crippen LogP contribution in [0.4, 0.5) is 18.9 Å². The first-order valence-corrected chi connectivity index (χ1v) is 13.0. The Morgan fingerprint density at radius 1 is 1.05 bits per heavy atom. The number of hydrogen-bond donors (Lipinski definition) is 2. The van der Waals surface area contributed by atoms with Crippen molar-refractivity contribution in [3.8, 4) is 22.7 Å². The molecule has 4 aromatic rings. The summed E-state index contributed by atoms with van der Waals surface area (Å²) >= 11 is 0. The van der Waals surface area contributed by atoms with Gasteiger partial charge >= 0.3 is 6.18 Å². The van der Waals surface area contributed by atoms with Crippen molar-refractivity contribution >= 4 is 17.4 Å². The van der Waals surface area contributed by atoms with Crippen molar-refractivity contribution < 1.29 is 27.5 Å². The fraction of sp³-hybridized carbons (Fsp3) is 0.258. The van der Waals surface area contributed by atoms with Crippen molar-refractivity contribution in [1.29, 1.82) is 0 Å². The maximum atomic E-state index is 13.3. The van der Waals surface area contributed by atoms with Crippen molar-refractivity contribution in [2.75, 3.05) is 12.8 Å². The third-order valence-electron chi connectivity index (χ3n) is 7.16. The Labute approximate surface area is 235 Å². The number of halogens is 3. The van der Waals surface area contributed by atoms with Gasteiger partial charge in [0.25, 0.3) is 5.91 Å². The van der Waals surface area contributed by atoms with Gasteiger partial charge in [0.2, 0.25) is 0 Å². The molecule has 1 amide bonds. The van der Waals surface area contributed by atoms with E-state index < -0.39 is 11.7 Å². The molecule has 0 saturated carbocycles. The first-order valence-electron chi connectivity index (χ1n) is 13.0. The number of Topliss-reactive ketones (excluding diaryl/α,β-unsaturated/α-hetero) is 1. The van der Waals surface area contributed by atoms with Gasteiger partial charge in [-0.15, -0.1) is 0 Å². The summed E-state index contributed by atoms with van der Waals surface area (Å²) in [6.07, 6.45) is -3.69. The highest BCUT2D eigenvalue weighted by Crippen LogP contribution is 2.41. The van der Waals surface area contributed by atoms with Crippen molar-refractivity contribution in [2.45, 2.75) is 39.4 Å². The minimum Gasteiger partial charge on any atom is -0.497 e. The van der Waals surface area contributed by atoms with E-state index in [0.717, 1.165) is 23.4 Å². The lowest BCUT2D eigenvalue weighted by molar-refractivity contribution is -0.137. The number of rotatable bonds is 6. The first kappa shape index (κ1) is 27.9. The number of carbonyl (C=O) groups is 2. The van der Waals surface area contributed by atoms with E-state index in [0.29, 0.717) is 46.7 Å². The Bertz CT molecular complexity index is 1620. The summed E-state index contributed by atoms with van der Waals surface area (Å²) in [7, 11) is 1.58. The van der Waals surface area contributed by atoms with Crippen molar-refractivity contribution in [1.82, 2.24) is 15.1 Å². The maximum absolute atomic E-state index is 13.3. The number of nitrogens with two attached hydrogens (primary N) is 1. The molecule has 0 spiro atoms. The van der Waals surface area contributed by atoms with Gasteiger partial charge in [-0.05, 0) is 59.9 Å². The minimum absolute atomic E-state index is 0.134. The van der Waals surface area contributed by atoms with Crippen LogP contribution in [0.2, 0.25) is 0 Å². The molecule has 0 bridgehead atoms. The predicted molar refractivity (Wildman–Crippen MR) is 149 cm³/mol. The van der Waals surface area contributed by atoms with Crippen LogP contribution in [-0.4, -0.2) is 28.6 Å². The van der Waals surface area contributed by atoms with Crippen LogP contribution in [0, 0.1) is 5.41 Å². The zero-order chi connectivity index (χ0) is 29.5. The smallest absolute Gasteiger partial charge is 0.416 e. The van der Waals surface area contributed by atoms with Crippen molar-refractivity contribution in [3.05, 3.63) is 94.7 Å². The number of hydrogen-bond acceptors (Lipinski definition) is 5. The third kappa shape index (κ3) is 5.68. The average molecular weight is 563 g/mol. The summed E-state index contributed by atoms with van der Waals surface area (Å²) in [5.41, 5.74) is 8.97. The summed E-state index contributed by atoms with van der Waals surface area (Å²) in [4.78, 5) is 26.1. The third-order valence-corrected chi connectivity index (χ3v) is 7.16. The number of ketones is 1. The summed E-state index contributed by atoms with van der Waals surface area (Å²) in [5, 5.41) is 7.55. The van der Waals surface area contributed by atoms with Crippen LogP contribution in [0.15, 0.2) is 66.7 Å². The average Bonchev–Trinajstić information content (AvgIpc) is 3.29. The number of alkyl halides is 3. The number of nitrogens with one attached hydrogen (secondary N) is 1. The molecule has 3 aromatic carbocycles. The van der Waals surface area contributed by atoms with Crippen LogP contribution >= 0.6 is 0 Å². The number of benzene rings is 3. The van der Waals surface area contributed by atoms with Crippen LogP contribution in [0.3, 0.4) is 0 Å². The molecule has 5 rings (SSSR count). The van der Waals surface area contributed by atoms with Gasteiger partial charge in [-0.3, -0.25) is 9.59 Å². The molecule has 7 nitrogen and oxygen atoms in total. The highest BCUT2D eigenvalue weighted by molar-refractivity contribution is 6.04. The normalized spacial score (nSPS) is 14.4. The number of aromatic nitrogens is 2. The fourth-order valence-corrected chi connectivity index (χ4v) is 5.08. The minimum atomic E-state index is -4.48. The predicted octanol–water partition coefficient (Wildman–Crippen LogP) is 6.23. The molecule has 212 valence electrons. The summed E-state index contributed by atoms with van der Waals surface area (Å²) in [6, 6.07) is 16.8. The highest BCUT2D eigenvalue weighted by atomic mass is 19.4. The van der Waals surface area contributed by atoms with Gasteiger partial charge in [0.05, 0.1) is 35.3 Å². The molecule has 3 N–H and O–H groups in total. The van der Waals surface area contributed by atoms with E-state index in [-0.39, 0.29) is 29.2 Å². The Hall–Kier alpha value is -4.60. The number of ether oxygens (including phenoxy) is 1. The second-order valence-electron chi connectivity index (χ2n) is 10.9. The van der Waals surface area contributed by atoms with Gasteiger partial charge in [0.1, 0.15) is 11.4 Å². The molecule has 0 radical (unpaired) electrons. The molecule has 0 unspecified atom stereocenters. The van der Waals surface area contributed by atoms with Crippen molar-refractivity contribution in [2.24, 2.45) is 5.41 Å². The molecular weight excluding hydrogens is 533 g/mol. The van der Waals surface area contributed by atoms with E-state index in [9.17, 15) is 22.8 Å². The standard InChI is InChI=1S/C31H29F3N4O3/c1-30(2)15-25-27(26(39)16-30)28(19-6-9-21(10-7-19)31(32,33)34)37-38(25)24-13-8-20(14-23(24)35)29(40)36-17-18-4-11-22(41-3)12-5-18/h4-14H,15-17,35H2,1-3H3,(H,36,40). The molecule has 1 aliphatic carbocycles. The van der Waals surface area contributed by atoms with Gasteiger partial charge < -0.3 is 15.8 Å². The number of methoxy groups -OCH3 is 1. The molecule has 0 saturated heterocycles. The highest BCUT2D eigenvalue weighted by Gasteiger charge is 2.37. The maximum Gasteiger partial charge on any atom is 0.416 e. The van der Waals surface area contributed by atoms with E-state index >= 15 is 0 Å². The first-order chi connectivity index (χ1) is 19.4. The molecule has 41 heavy (non-hydrogen) atoms.